The van der Waals surface area contributed by atoms with E-state index in [2.05, 4.69) is 26.1 Å². The number of para-hydroxylation sites is 1. The smallest absolute Gasteiger partial charge is 0.104 e. The average Bonchev–Trinajstić information content (AvgIpc) is 2.92. The number of fused-ring (bicyclic) bond motifs is 1. The average molecular weight is 349 g/mol. The number of nitrogens with zero attached hydrogens (tertiary/aromatic N) is 4. The largest absolute Gasteiger partial charge is 0.386 e. The van der Waals surface area contributed by atoms with Crippen molar-refractivity contribution in [1.29, 1.82) is 0 Å². The number of aryl methyl sites for hydroxylation is 3. The van der Waals surface area contributed by atoms with E-state index in [0.717, 1.165) is 26.8 Å². The number of benzene rings is 1. The minimum atomic E-state index is -0.665. The fraction of sp³-hybridized carbons (Fsp3) is 0.333. The van der Waals surface area contributed by atoms with Gasteiger partial charge < -0.3 is 5.11 Å². The highest BCUT2D eigenvalue weighted by atomic mass is 79.9. The van der Waals surface area contributed by atoms with E-state index < -0.39 is 6.10 Å². The van der Waals surface area contributed by atoms with Gasteiger partial charge in [-0.05, 0) is 28.9 Å². The molecule has 0 aliphatic carbocycles. The van der Waals surface area contributed by atoms with Crippen molar-refractivity contribution >= 4 is 26.8 Å². The molecule has 0 bridgehead atoms. The highest BCUT2D eigenvalue weighted by molar-refractivity contribution is 9.10. The monoisotopic (exact) mass is 348 g/mol. The van der Waals surface area contributed by atoms with Gasteiger partial charge in [-0.2, -0.15) is 10.2 Å². The Morgan fingerprint density at radius 3 is 2.57 bits per heavy atom. The summed E-state index contributed by atoms with van der Waals surface area (Å²) < 4.78 is 4.55. The molecular formula is C15H17BrN4O. The van der Waals surface area contributed by atoms with E-state index in [1.807, 2.05) is 45.3 Å². The van der Waals surface area contributed by atoms with E-state index in [4.69, 9.17) is 0 Å². The van der Waals surface area contributed by atoms with Gasteiger partial charge >= 0.3 is 0 Å². The Morgan fingerprint density at radius 2 is 1.90 bits per heavy atom. The van der Waals surface area contributed by atoms with Crippen molar-refractivity contribution in [3.63, 3.8) is 0 Å². The third kappa shape index (κ3) is 2.38. The van der Waals surface area contributed by atoms with Gasteiger partial charge in [0.15, 0.2) is 0 Å². The van der Waals surface area contributed by atoms with Gasteiger partial charge in [-0.25, -0.2) is 0 Å². The number of aromatic nitrogens is 4. The van der Waals surface area contributed by atoms with Crippen LogP contribution in [0.3, 0.4) is 0 Å². The summed E-state index contributed by atoms with van der Waals surface area (Å²) in [5, 5.41) is 20.4. The van der Waals surface area contributed by atoms with Gasteiger partial charge in [0.2, 0.25) is 0 Å². The first-order valence-electron chi connectivity index (χ1n) is 6.76. The summed E-state index contributed by atoms with van der Waals surface area (Å²) >= 11 is 3.54. The molecule has 0 saturated carbocycles. The van der Waals surface area contributed by atoms with E-state index in [9.17, 15) is 5.11 Å². The molecule has 0 saturated heterocycles. The molecule has 2 heterocycles. The lowest BCUT2D eigenvalue weighted by Crippen LogP contribution is -2.08. The number of aliphatic hydroxyl groups is 1. The van der Waals surface area contributed by atoms with Crippen molar-refractivity contribution in [2.24, 2.45) is 14.1 Å². The standard InChI is InChI=1S/C15H17BrN4O/c1-9-14(16)12(20(3)17-9)8-13(21)15-10-6-4-5-7-11(10)19(2)18-15/h4-7,13,21H,8H2,1-3H3. The van der Waals surface area contributed by atoms with Crippen LogP contribution in [0.25, 0.3) is 10.9 Å². The topological polar surface area (TPSA) is 55.9 Å². The Kier molecular flexibility index (Phi) is 3.59. The highest BCUT2D eigenvalue weighted by Crippen LogP contribution is 2.29. The second kappa shape index (κ2) is 5.27. The van der Waals surface area contributed by atoms with Crippen LogP contribution in [-0.2, 0) is 20.5 Å². The first-order chi connectivity index (χ1) is 9.99. The molecule has 0 radical (unpaired) electrons. The summed E-state index contributed by atoms with van der Waals surface area (Å²) in [6.45, 7) is 1.94. The fourth-order valence-electron chi connectivity index (χ4n) is 2.67. The van der Waals surface area contributed by atoms with Gasteiger partial charge in [0, 0.05) is 25.9 Å². The Morgan fingerprint density at radius 1 is 1.19 bits per heavy atom. The van der Waals surface area contributed by atoms with Crippen molar-refractivity contribution in [3.05, 3.63) is 45.8 Å². The third-order valence-corrected chi connectivity index (χ3v) is 4.78. The molecule has 0 spiro atoms. The van der Waals surface area contributed by atoms with E-state index in [0.29, 0.717) is 12.1 Å². The Bertz CT molecular complexity index is 805. The molecule has 1 unspecified atom stereocenters. The summed E-state index contributed by atoms with van der Waals surface area (Å²) in [5.74, 6) is 0. The Hall–Kier alpha value is -1.66. The second-order valence-electron chi connectivity index (χ2n) is 5.22. The maximum absolute atomic E-state index is 10.6. The summed E-state index contributed by atoms with van der Waals surface area (Å²) in [5.41, 5.74) is 3.62. The van der Waals surface area contributed by atoms with Gasteiger partial charge in [-0.3, -0.25) is 9.36 Å². The molecule has 1 N–H and O–H groups in total. The van der Waals surface area contributed by atoms with Gasteiger partial charge in [0.1, 0.15) is 6.10 Å². The normalized spacial score (nSPS) is 13.0. The first-order valence-corrected chi connectivity index (χ1v) is 7.56. The summed E-state index contributed by atoms with van der Waals surface area (Å²) in [6, 6.07) is 7.93. The number of halogens is 1. The van der Waals surface area contributed by atoms with Gasteiger partial charge in [0.05, 0.1) is 27.1 Å². The minimum absolute atomic E-state index is 0.471. The van der Waals surface area contributed by atoms with Crippen molar-refractivity contribution < 1.29 is 5.11 Å². The minimum Gasteiger partial charge on any atom is -0.386 e. The van der Waals surface area contributed by atoms with Crippen molar-refractivity contribution in [3.8, 4) is 0 Å². The van der Waals surface area contributed by atoms with Crippen LogP contribution in [0.2, 0.25) is 0 Å². The molecule has 0 aliphatic rings. The molecule has 21 heavy (non-hydrogen) atoms. The highest BCUT2D eigenvalue weighted by Gasteiger charge is 2.20. The Labute approximate surface area is 131 Å². The van der Waals surface area contributed by atoms with E-state index in [1.165, 1.54) is 0 Å². The van der Waals surface area contributed by atoms with Crippen LogP contribution in [0.4, 0.5) is 0 Å². The van der Waals surface area contributed by atoms with Crippen LogP contribution in [0, 0.1) is 6.92 Å². The molecular weight excluding hydrogens is 332 g/mol. The molecule has 3 aromatic rings. The lowest BCUT2D eigenvalue weighted by Gasteiger charge is -2.09. The molecule has 0 amide bonds. The molecule has 2 aromatic heterocycles. The zero-order valence-corrected chi connectivity index (χ0v) is 13.8. The Balaban J connectivity index is 1.99. The third-order valence-electron chi connectivity index (χ3n) is 3.75. The molecule has 6 heteroatoms. The quantitative estimate of drug-likeness (QED) is 0.791. The van der Waals surface area contributed by atoms with Crippen molar-refractivity contribution in [2.75, 3.05) is 0 Å². The molecule has 5 nitrogen and oxygen atoms in total. The number of rotatable bonds is 3. The summed E-state index contributed by atoms with van der Waals surface area (Å²) in [7, 11) is 3.78. The van der Waals surface area contributed by atoms with Crippen molar-refractivity contribution in [2.45, 2.75) is 19.4 Å². The fourth-order valence-corrected chi connectivity index (χ4v) is 3.17. The van der Waals surface area contributed by atoms with Crippen LogP contribution in [-0.4, -0.2) is 24.7 Å². The zero-order valence-electron chi connectivity index (χ0n) is 12.2. The molecule has 110 valence electrons. The van der Waals surface area contributed by atoms with E-state index in [-0.39, 0.29) is 0 Å². The molecule has 3 rings (SSSR count). The van der Waals surface area contributed by atoms with Crippen LogP contribution >= 0.6 is 15.9 Å². The summed E-state index contributed by atoms with van der Waals surface area (Å²) in [4.78, 5) is 0. The number of aliphatic hydroxyl groups excluding tert-OH is 1. The predicted octanol–water partition coefficient (Wildman–Crippen LogP) is 2.65. The molecule has 0 fully saturated rings. The molecule has 1 aromatic carbocycles. The lowest BCUT2D eigenvalue weighted by atomic mass is 10.1. The van der Waals surface area contributed by atoms with Crippen LogP contribution < -0.4 is 0 Å². The van der Waals surface area contributed by atoms with Crippen molar-refractivity contribution in [1.82, 2.24) is 19.6 Å². The molecule has 1 atom stereocenters. The van der Waals surface area contributed by atoms with Crippen LogP contribution in [0.15, 0.2) is 28.7 Å². The SMILES string of the molecule is Cc1nn(C)c(CC(O)c2nn(C)c3ccccc23)c1Br. The van der Waals surface area contributed by atoms with Gasteiger partial charge in [0.25, 0.3) is 0 Å². The predicted molar refractivity (Wildman–Crippen MR) is 85.0 cm³/mol. The first kappa shape index (κ1) is 14.3. The lowest BCUT2D eigenvalue weighted by molar-refractivity contribution is 0.171. The van der Waals surface area contributed by atoms with Crippen LogP contribution in [0.5, 0.6) is 0 Å². The zero-order chi connectivity index (χ0) is 15.1. The second-order valence-corrected chi connectivity index (χ2v) is 6.01. The summed E-state index contributed by atoms with van der Waals surface area (Å²) in [6.07, 6.45) is -0.193. The maximum Gasteiger partial charge on any atom is 0.104 e. The number of hydrogen-bond acceptors (Lipinski definition) is 3. The maximum atomic E-state index is 10.6. The van der Waals surface area contributed by atoms with E-state index in [1.54, 1.807) is 9.36 Å². The number of hydrogen-bond donors (Lipinski definition) is 1. The van der Waals surface area contributed by atoms with Crippen LogP contribution in [0.1, 0.15) is 23.2 Å². The van der Waals surface area contributed by atoms with E-state index >= 15 is 0 Å². The molecule has 0 aliphatic heterocycles. The van der Waals surface area contributed by atoms with Gasteiger partial charge in [-0.1, -0.05) is 18.2 Å². The van der Waals surface area contributed by atoms with Gasteiger partial charge in [-0.15, -0.1) is 0 Å².